The van der Waals surface area contributed by atoms with Gasteiger partial charge in [-0.2, -0.15) is 0 Å². The fourth-order valence-electron chi connectivity index (χ4n) is 4.13. The molecule has 3 heterocycles. The average molecular weight is 332 g/mol. The number of carbonyl (C=O) groups excluding carboxylic acids is 1. The van der Waals surface area contributed by atoms with Crippen LogP contribution in [-0.4, -0.2) is 53.1 Å². The molecule has 1 aromatic heterocycles. The second-order valence-electron chi connectivity index (χ2n) is 7.42. The average Bonchev–Trinajstić information content (AvgIpc) is 2.95. The van der Waals surface area contributed by atoms with Crippen LogP contribution in [0, 0.1) is 5.92 Å². The number of rotatable bonds is 4. The molecule has 1 unspecified atom stereocenters. The van der Waals surface area contributed by atoms with Crippen LogP contribution in [0.2, 0.25) is 0 Å². The molecule has 2 saturated heterocycles. The van der Waals surface area contributed by atoms with Crippen LogP contribution in [-0.2, 0) is 4.79 Å². The zero-order chi connectivity index (χ0) is 16.5. The van der Waals surface area contributed by atoms with Gasteiger partial charge in [0.1, 0.15) is 12.1 Å². The zero-order valence-corrected chi connectivity index (χ0v) is 14.0. The van der Waals surface area contributed by atoms with Crippen LogP contribution < -0.4 is 4.90 Å². The maximum atomic E-state index is 12.8. The van der Waals surface area contributed by atoms with E-state index in [1.807, 2.05) is 4.90 Å². The van der Waals surface area contributed by atoms with Crippen LogP contribution in [0.15, 0.2) is 12.4 Å². The second-order valence-corrected chi connectivity index (χ2v) is 7.42. The van der Waals surface area contributed by atoms with Crippen molar-refractivity contribution in [1.29, 1.82) is 0 Å². The fraction of sp³-hybridized carbons (Fsp3) is 0.722. The second kappa shape index (κ2) is 6.65. The van der Waals surface area contributed by atoms with E-state index in [0.29, 0.717) is 18.9 Å². The molecule has 1 aromatic rings. The third-order valence-electron chi connectivity index (χ3n) is 5.88. The summed E-state index contributed by atoms with van der Waals surface area (Å²) in [5, 5.41) is 0. The zero-order valence-electron chi connectivity index (χ0n) is 14.0. The minimum atomic E-state index is -0.383. The highest BCUT2D eigenvalue weighted by atomic mass is 19.1. The number of amides is 1. The van der Waals surface area contributed by atoms with E-state index in [-0.39, 0.29) is 24.5 Å². The van der Waals surface area contributed by atoms with Crippen molar-refractivity contribution in [2.24, 2.45) is 5.92 Å². The van der Waals surface area contributed by atoms with E-state index >= 15 is 0 Å². The number of alkyl halides is 1. The quantitative estimate of drug-likeness (QED) is 0.850. The number of aromatic nitrogens is 2. The molecule has 0 bridgehead atoms. The van der Waals surface area contributed by atoms with E-state index in [0.717, 1.165) is 31.7 Å². The normalized spacial score (nSPS) is 26.0. The lowest BCUT2D eigenvalue weighted by Crippen LogP contribution is -2.46. The molecule has 0 aromatic carbocycles. The number of nitrogens with zero attached hydrogens (tertiary/aromatic N) is 4. The van der Waals surface area contributed by atoms with E-state index < -0.39 is 0 Å². The van der Waals surface area contributed by atoms with Crippen molar-refractivity contribution < 1.29 is 9.18 Å². The fourth-order valence-corrected chi connectivity index (χ4v) is 4.13. The molecular weight excluding hydrogens is 307 g/mol. The molecule has 1 atom stereocenters. The summed E-state index contributed by atoms with van der Waals surface area (Å²) < 4.78 is 12.8. The number of hydrogen-bond donors (Lipinski definition) is 0. The first-order valence-electron chi connectivity index (χ1n) is 9.17. The molecule has 0 spiro atoms. The number of halogens is 1. The third kappa shape index (κ3) is 2.98. The van der Waals surface area contributed by atoms with Gasteiger partial charge in [0.05, 0.1) is 6.67 Å². The van der Waals surface area contributed by atoms with Gasteiger partial charge in [0.15, 0.2) is 0 Å². The summed E-state index contributed by atoms with van der Waals surface area (Å²) in [6, 6.07) is 2.41. The van der Waals surface area contributed by atoms with Crippen molar-refractivity contribution >= 4 is 11.7 Å². The van der Waals surface area contributed by atoms with E-state index in [1.165, 1.54) is 25.0 Å². The first kappa shape index (κ1) is 15.8. The maximum Gasteiger partial charge on any atom is 0.223 e. The van der Waals surface area contributed by atoms with Gasteiger partial charge in [-0.25, -0.2) is 9.97 Å². The molecule has 0 radical (unpaired) electrons. The summed E-state index contributed by atoms with van der Waals surface area (Å²) in [5.41, 5.74) is 1.17. The van der Waals surface area contributed by atoms with Crippen molar-refractivity contribution in [1.82, 2.24) is 14.9 Å². The van der Waals surface area contributed by atoms with Crippen LogP contribution in [0.1, 0.15) is 50.1 Å². The lowest BCUT2D eigenvalue weighted by Gasteiger charge is -2.37. The van der Waals surface area contributed by atoms with Gasteiger partial charge >= 0.3 is 0 Å². The number of anilines is 1. The van der Waals surface area contributed by atoms with Gasteiger partial charge in [-0.15, -0.1) is 0 Å². The lowest BCUT2D eigenvalue weighted by atomic mass is 9.83. The molecule has 1 saturated carbocycles. The Kier molecular flexibility index (Phi) is 4.37. The van der Waals surface area contributed by atoms with E-state index in [1.54, 1.807) is 6.33 Å². The Hall–Kier alpha value is -1.72. The van der Waals surface area contributed by atoms with Crippen LogP contribution in [0.4, 0.5) is 10.2 Å². The lowest BCUT2D eigenvalue weighted by molar-refractivity contribution is -0.130. The highest BCUT2D eigenvalue weighted by Crippen LogP contribution is 2.36. The molecule has 5 nitrogen and oxygen atoms in total. The summed E-state index contributed by atoms with van der Waals surface area (Å²) in [5.74, 6) is 1.66. The van der Waals surface area contributed by atoms with Crippen molar-refractivity contribution in [2.75, 3.05) is 31.2 Å². The highest BCUT2D eigenvalue weighted by Gasteiger charge is 2.36. The van der Waals surface area contributed by atoms with E-state index in [9.17, 15) is 9.18 Å². The number of carbonyl (C=O) groups is 1. The van der Waals surface area contributed by atoms with Gasteiger partial charge in [-0.3, -0.25) is 9.18 Å². The molecule has 3 aliphatic rings. The largest absolute Gasteiger partial charge is 0.356 e. The Morgan fingerprint density at radius 1 is 1.17 bits per heavy atom. The summed E-state index contributed by atoms with van der Waals surface area (Å²) in [7, 11) is 0. The molecule has 1 amide bonds. The minimum Gasteiger partial charge on any atom is -0.356 e. The molecule has 6 heteroatoms. The van der Waals surface area contributed by atoms with Gasteiger partial charge < -0.3 is 9.80 Å². The molecule has 130 valence electrons. The molecule has 0 N–H and O–H groups in total. The van der Waals surface area contributed by atoms with Crippen LogP contribution in [0.25, 0.3) is 0 Å². The molecule has 2 aliphatic heterocycles. The topological polar surface area (TPSA) is 49.3 Å². The number of hydrogen-bond acceptors (Lipinski definition) is 4. The summed E-state index contributed by atoms with van der Waals surface area (Å²) in [4.78, 5) is 25.2. The number of likely N-dealkylation sites (tertiary alicyclic amines) is 1. The first-order valence-corrected chi connectivity index (χ1v) is 9.17. The smallest absolute Gasteiger partial charge is 0.223 e. The predicted molar refractivity (Wildman–Crippen MR) is 89.7 cm³/mol. The van der Waals surface area contributed by atoms with Gasteiger partial charge in [0.2, 0.25) is 5.91 Å². The van der Waals surface area contributed by atoms with Gasteiger partial charge in [-0.1, -0.05) is 6.42 Å². The molecule has 1 aliphatic carbocycles. The van der Waals surface area contributed by atoms with Crippen molar-refractivity contribution in [2.45, 2.75) is 50.5 Å². The molecular formula is C18H25FN4O. The summed E-state index contributed by atoms with van der Waals surface area (Å²) >= 11 is 0. The molecule has 4 rings (SSSR count). The Morgan fingerprint density at radius 2 is 1.96 bits per heavy atom. The van der Waals surface area contributed by atoms with Crippen molar-refractivity contribution in [3.63, 3.8) is 0 Å². The van der Waals surface area contributed by atoms with Crippen molar-refractivity contribution in [3.8, 4) is 0 Å². The van der Waals surface area contributed by atoms with Crippen LogP contribution in [0.5, 0.6) is 0 Å². The Labute approximate surface area is 142 Å². The Morgan fingerprint density at radius 3 is 2.58 bits per heavy atom. The van der Waals surface area contributed by atoms with E-state index in [2.05, 4.69) is 20.9 Å². The highest BCUT2D eigenvalue weighted by molar-refractivity contribution is 5.79. The maximum absolute atomic E-state index is 12.8. The number of piperidine rings is 1. The van der Waals surface area contributed by atoms with Crippen LogP contribution >= 0.6 is 0 Å². The van der Waals surface area contributed by atoms with Crippen LogP contribution in [0.3, 0.4) is 0 Å². The van der Waals surface area contributed by atoms with Gasteiger partial charge in [-0.05, 0) is 25.7 Å². The summed E-state index contributed by atoms with van der Waals surface area (Å²) in [6.07, 6.45) is 7.73. The Bertz CT molecular complexity index is 598. The molecule has 24 heavy (non-hydrogen) atoms. The minimum absolute atomic E-state index is 0.0950. The van der Waals surface area contributed by atoms with Crippen molar-refractivity contribution in [3.05, 3.63) is 18.1 Å². The predicted octanol–water partition coefficient (Wildman–Crippen LogP) is 2.53. The van der Waals surface area contributed by atoms with E-state index in [4.69, 9.17) is 0 Å². The first-order chi connectivity index (χ1) is 11.7. The monoisotopic (exact) mass is 332 g/mol. The summed E-state index contributed by atoms with van der Waals surface area (Å²) in [6.45, 7) is 2.01. The Balaban J connectivity index is 1.37. The SMILES string of the molecule is O=C1CC(CF)CN1C1CCN(c2cc(C3CCC3)ncn2)CC1. The molecule has 3 fully saturated rings. The third-order valence-corrected chi connectivity index (χ3v) is 5.88. The standard InChI is InChI=1S/C18H25FN4O/c19-10-13-8-18(24)23(11-13)15-4-6-22(7-5-15)17-9-16(20-12-21-17)14-2-1-3-14/h9,12-15H,1-8,10-11H2. The van der Waals surface area contributed by atoms with Gasteiger partial charge in [0, 0.05) is 55.7 Å². The van der Waals surface area contributed by atoms with Gasteiger partial charge in [0.25, 0.3) is 0 Å².